The summed E-state index contributed by atoms with van der Waals surface area (Å²) >= 11 is 0. The second kappa shape index (κ2) is 12.2. The number of nitrogens with one attached hydrogen (secondary N) is 2. The lowest BCUT2D eigenvalue weighted by molar-refractivity contribution is 0.406. The first-order chi connectivity index (χ1) is 16.2. The molecule has 7 heteroatoms. The van der Waals surface area contributed by atoms with Crippen molar-refractivity contribution in [2.24, 2.45) is 0 Å². The third-order valence-corrected chi connectivity index (χ3v) is 5.57. The molecule has 0 fully saturated rings. The summed E-state index contributed by atoms with van der Waals surface area (Å²) in [6.07, 6.45) is 2.75. The van der Waals surface area contributed by atoms with Crippen LogP contribution >= 0.6 is 12.4 Å². The van der Waals surface area contributed by atoms with Gasteiger partial charge >= 0.3 is 0 Å². The van der Waals surface area contributed by atoms with Crippen LogP contribution in [0.5, 0.6) is 11.5 Å². The van der Waals surface area contributed by atoms with E-state index in [0.29, 0.717) is 12.3 Å². The summed E-state index contributed by atoms with van der Waals surface area (Å²) in [5.74, 6) is 1.28. The third-order valence-electron chi connectivity index (χ3n) is 5.57. The van der Waals surface area contributed by atoms with Gasteiger partial charge in [-0.2, -0.15) is 0 Å². The molecule has 1 heterocycles. The van der Waals surface area contributed by atoms with Gasteiger partial charge in [-0.1, -0.05) is 24.3 Å². The smallest absolute Gasteiger partial charge is 0.123 e. The highest BCUT2D eigenvalue weighted by atomic mass is 35.5. The van der Waals surface area contributed by atoms with E-state index in [2.05, 4.69) is 45.9 Å². The molecule has 0 radical (unpaired) electrons. The first-order valence-electron chi connectivity index (χ1n) is 11.0. The van der Waals surface area contributed by atoms with Crippen LogP contribution < -0.4 is 20.1 Å². The van der Waals surface area contributed by atoms with Crippen LogP contribution in [0.4, 0.5) is 10.1 Å². The van der Waals surface area contributed by atoms with Gasteiger partial charge in [-0.15, -0.1) is 12.4 Å². The molecule has 0 saturated heterocycles. The van der Waals surface area contributed by atoms with E-state index in [1.807, 2.05) is 24.4 Å². The summed E-state index contributed by atoms with van der Waals surface area (Å²) in [5.41, 5.74) is 5.07. The minimum absolute atomic E-state index is 0. The zero-order valence-corrected chi connectivity index (χ0v) is 20.1. The van der Waals surface area contributed by atoms with E-state index in [4.69, 9.17) is 9.47 Å². The van der Waals surface area contributed by atoms with Crippen molar-refractivity contribution in [2.45, 2.75) is 13.0 Å². The number of fused-ring (bicyclic) bond motifs is 1. The van der Waals surface area contributed by atoms with Crippen molar-refractivity contribution in [3.8, 4) is 22.6 Å². The molecule has 0 aliphatic rings. The normalized spacial score (nSPS) is 10.6. The van der Waals surface area contributed by atoms with Crippen LogP contribution in [0.3, 0.4) is 0 Å². The standard InChI is InChI=1S/C27H28FN3O2.ClH/c1-32-23-8-4-19(5-9-23)20-6-10-24-25(12-15-31-26(24)17-20)30-14-3-13-29-18-21-16-22(28)7-11-27(21)33-2;/h4-12,15-17,29H,3,13-14,18H2,1-2H3,(H,30,31);1H. The Bertz CT molecular complexity index is 1220. The van der Waals surface area contributed by atoms with E-state index in [1.165, 1.54) is 12.1 Å². The molecule has 0 amide bonds. The van der Waals surface area contributed by atoms with Crippen LogP contribution in [0.15, 0.2) is 72.9 Å². The van der Waals surface area contributed by atoms with Crippen LogP contribution in [-0.4, -0.2) is 32.3 Å². The second-order valence-corrected chi connectivity index (χ2v) is 7.73. The number of halogens is 2. The number of nitrogens with zero attached hydrogens (tertiary/aromatic N) is 1. The number of pyridine rings is 1. The molecule has 0 saturated carbocycles. The van der Waals surface area contributed by atoms with Gasteiger partial charge in [0.05, 0.1) is 19.7 Å². The van der Waals surface area contributed by atoms with Crippen molar-refractivity contribution in [1.29, 1.82) is 0 Å². The maximum absolute atomic E-state index is 13.5. The number of hydrogen-bond donors (Lipinski definition) is 2. The summed E-state index contributed by atoms with van der Waals surface area (Å²) in [7, 11) is 3.26. The van der Waals surface area contributed by atoms with Crippen molar-refractivity contribution in [2.75, 3.05) is 32.6 Å². The van der Waals surface area contributed by atoms with Crippen LogP contribution in [0.1, 0.15) is 12.0 Å². The summed E-state index contributed by atoms with van der Waals surface area (Å²) in [6.45, 7) is 2.18. The highest BCUT2D eigenvalue weighted by Crippen LogP contribution is 2.28. The fourth-order valence-electron chi connectivity index (χ4n) is 3.81. The predicted octanol–water partition coefficient (Wildman–Crippen LogP) is 6.07. The monoisotopic (exact) mass is 481 g/mol. The number of benzene rings is 3. The summed E-state index contributed by atoms with van der Waals surface area (Å²) < 4.78 is 24.0. The number of hydrogen-bond acceptors (Lipinski definition) is 5. The van der Waals surface area contributed by atoms with Gasteiger partial charge in [0.1, 0.15) is 17.3 Å². The molecule has 0 spiro atoms. The van der Waals surface area contributed by atoms with E-state index in [-0.39, 0.29) is 18.2 Å². The van der Waals surface area contributed by atoms with Gasteiger partial charge in [-0.25, -0.2) is 4.39 Å². The lowest BCUT2D eigenvalue weighted by Crippen LogP contribution is -2.18. The van der Waals surface area contributed by atoms with Crippen LogP contribution in [0.25, 0.3) is 22.0 Å². The van der Waals surface area contributed by atoms with E-state index in [9.17, 15) is 4.39 Å². The maximum atomic E-state index is 13.5. The number of rotatable bonds is 10. The molecule has 0 aliphatic heterocycles. The van der Waals surface area contributed by atoms with Crippen molar-refractivity contribution in [3.05, 3.63) is 84.3 Å². The molecule has 2 N–H and O–H groups in total. The van der Waals surface area contributed by atoms with E-state index in [1.54, 1.807) is 20.3 Å². The average Bonchev–Trinajstić information content (AvgIpc) is 2.86. The van der Waals surface area contributed by atoms with Gasteiger partial charge in [-0.05, 0) is 66.6 Å². The zero-order valence-electron chi connectivity index (χ0n) is 19.3. The molecule has 3 aromatic carbocycles. The fourth-order valence-corrected chi connectivity index (χ4v) is 3.81. The maximum Gasteiger partial charge on any atom is 0.123 e. The Morgan fingerprint density at radius 3 is 2.41 bits per heavy atom. The average molecular weight is 482 g/mol. The summed E-state index contributed by atoms with van der Waals surface area (Å²) in [5, 5.41) is 7.95. The minimum Gasteiger partial charge on any atom is -0.497 e. The molecule has 4 rings (SSSR count). The van der Waals surface area contributed by atoms with E-state index >= 15 is 0 Å². The molecule has 34 heavy (non-hydrogen) atoms. The second-order valence-electron chi connectivity index (χ2n) is 7.73. The quantitative estimate of drug-likeness (QED) is 0.269. The minimum atomic E-state index is -0.256. The molecule has 178 valence electrons. The highest BCUT2D eigenvalue weighted by Gasteiger charge is 2.06. The predicted molar refractivity (Wildman–Crippen MR) is 139 cm³/mol. The zero-order chi connectivity index (χ0) is 23.0. The third kappa shape index (κ3) is 6.16. The van der Waals surface area contributed by atoms with Crippen LogP contribution in [-0.2, 0) is 6.54 Å². The van der Waals surface area contributed by atoms with Gasteiger partial charge in [0.25, 0.3) is 0 Å². The SMILES string of the molecule is COc1ccc(-c2ccc3c(NCCCNCc4cc(F)ccc4OC)ccnc3c2)cc1.Cl. The first kappa shape index (κ1) is 25.3. The van der Waals surface area contributed by atoms with Crippen LogP contribution in [0.2, 0.25) is 0 Å². The van der Waals surface area contributed by atoms with Crippen molar-refractivity contribution >= 4 is 29.0 Å². The summed E-state index contributed by atoms with van der Waals surface area (Å²) in [4.78, 5) is 4.56. The number of aromatic nitrogens is 1. The molecule has 4 aromatic rings. The Kier molecular flexibility index (Phi) is 9.08. The molecule has 0 bridgehead atoms. The molecule has 1 aromatic heterocycles. The van der Waals surface area contributed by atoms with Gasteiger partial charge < -0.3 is 20.1 Å². The van der Waals surface area contributed by atoms with Crippen molar-refractivity contribution < 1.29 is 13.9 Å². The van der Waals surface area contributed by atoms with Gasteiger partial charge in [0.2, 0.25) is 0 Å². The van der Waals surface area contributed by atoms with E-state index in [0.717, 1.165) is 58.5 Å². The highest BCUT2D eigenvalue weighted by molar-refractivity contribution is 5.93. The fraction of sp³-hybridized carbons (Fsp3) is 0.222. The topological polar surface area (TPSA) is 55.4 Å². The number of ether oxygens (including phenoxy) is 2. The molecular formula is C27H29ClFN3O2. The molecule has 0 unspecified atom stereocenters. The largest absolute Gasteiger partial charge is 0.497 e. The summed E-state index contributed by atoms with van der Waals surface area (Å²) in [6, 6.07) is 20.9. The van der Waals surface area contributed by atoms with E-state index < -0.39 is 0 Å². The van der Waals surface area contributed by atoms with Gasteiger partial charge in [0, 0.05) is 35.9 Å². The molecule has 0 atom stereocenters. The Morgan fingerprint density at radius 1 is 0.853 bits per heavy atom. The molecule has 5 nitrogen and oxygen atoms in total. The van der Waals surface area contributed by atoms with Crippen LogP contribution in [0, 0.1) is 5.82 Å². The molecule has 0 aliphatic carbocycles. The molecular weight excluding hydrogens is 453 g/mol. The van der Waals surface area contributed by atoms with Gasteiger partial charge in [0.15, 0.2) is 0 Å². The lowest BCUT2D eigenvalue weighted by Gasteiger charge is -2.12. The Hall–Kier alpha value is -3.35. The number of methoxy groups -OCH3 is 2. The first-order valence-corrected chi connectivity index (χ1v) is 11.0. The number of anilines is 1. The van der Waals surface area contributed by atoms with Crippen molar-refractivity contribution in [3.63, 3.8) is 0 Å². The van der Waals surface area contributed by atoms with Gasteiger partial charge in [-0.3, -0.25) is 4.98 Å². The Labute approximate surface area is 205 Å². The Balaban J connectivity index is 0.00000324. The lowest BCUT2D eigenvalue weighted by atomic mass is 10.0. The van der Waals surface area contributed by atoms with Crippen molar-refractivity contribution in [1.82, 2.24) is 10.3 Å². The Morgan fingerprint density at radius 2 is 1.65 bits per heavy atom.